The van der Waals surface area contributed by atoms with Crippen LogP contribution in [0.5, 0.6) is 0 Å². The van der Waals surface area contributed by atoms with Gasteiger partial charge in [0, 0.05) is 20.4 Å². The van der Waals surface area contributed by atoms with Gasteiger partial charge in [-0.3, -0.25) is 14.4 Å². The Hall–Kier alpha value is -1.92. The predicted molar refractivity (Wildman–Crippen MR) is 60.0 cm³/mol. The van der Waals surface area contributed by atoms with Crippen molar-refractivity contribution in [3.05, 3.63) is 0 Å². The molecule has 0 aromatic rings. The summed E-state index contributed by atoms with van der Waals surface area (Å²) in [7, 11) is 1.45. The van der Waals surface area contributed by atoms with Crippen molar-refractivity contribution < 1.29 is 19.2 Å². The first-order valence-corrected chi connectivity index (χ1v) is 5.20. The highest BCUT2D eigenvalue weighted by atomic mass is 16.2. The summed E-state index contributed by atoms with van der Waals surface area (Å²) in [5, 5.41) is 7.18. The van der Waals surface area contributed by atoms with Gasteiger partial charge in [-0.2, -0.15) is 0 Å². The summed E-state index contributed by atoms with van der Waals surface area (Å²) in [6, 6.07) is -0.737. The van der Waals surface area contributed by atoms with Gasteiger partial charge in [0.05, 0.1) is 6.54 Å². The third kappa shape index (κ3) is 7.04. The fourth-order valence-electron chi connectivity index (χ4n) is 1.21. The minimum Gasteiger partial charge on any atom is -0.357 e. The average molecular weight is 243 g/mol. The van der Waals surface area contributed by atoms with Gasteiger partial charge in [0.15, 0.2) is 0 Å². The number of carbonyl (C=O) groups excluding carboxylic acids is 4. The molecule has 0 bridgehead atoms. The maximum Gasteiger partial charge on any atom is 0.242 e. The van der Waals surface area contributed by atoms with Gasteiger partial charge in [-0.1, -0.05) is 0 Å². The molecule has 0 radical (unpaired) electrons. The summed E-state index contributed by atoms with van der Waals surface area (Å²) in [4.78, 5) is 43.4. The molecule has 17 heavy (non-hydrogen) atoms. The summed E-state index contributed by atoms with van der Waals surface area (Å²) in [6.07, 6.45) is 0.818. The standard InChI is InChI=1S/C10H17N3O4/c1-7(15)13-8(10(17)11-2)3-4-9(16)12-5-6-14/h6,8H,3-5H2,1-2H3,(H,11,17)(H,12,16)(H,13,15). The van der Waals surface area contributed by atoms with E-state index in [2.05, 4.69) is 16.0 Å². The van der Waals surface area contributed by atoms with Crippen molar-refractivity contribution in [3.63, 3.8) is 0 Å². The number of rotatable bonds is 7. The number of aldehydes is 1. The quantitative estimate of drug-likeness (QED) is 0.465. The molecule has 0 spiro atoms. The summed E-state index contributed by atoms with van der Waals surface area (Å²) >= 11 is 0. The van der Waals surface area contributed by atoms with E-state index in [0.29, 0.717) is 6.29 Å². The van der Waals surface area contributed by atoms with Crippen molar-refractivity contribution in [1.29, 1.82) is 0 Å². The molecule has 0 aromatic carbocycles. The number of hydrogen-bond acceptors (Lipinski definition) is 4. The Labute approximate surface area is 99.3 Å². The van der Waals surface area contributed by atoms with Crippen molar-refractivity contribution >= 4 is 24.0 Å². The van der Waals surface area contributed by atoms with E-state index in [9.17, 15) is 19.2 Å². The van der Waals surface area contributed by atoms with Crippen LogP contribution in [0.15, 0.2) is 0 Å². The lowest BCUT2D eigenvalue weighted by Crippen LogP contribution is -2.45. The molecule has 0 saturated carbocycles. The van der Waals surface area contributed by atoms with Gasteiger partial charge in [-0.25, -0.2) is 0 Å². The van der Waals surface area contributed by atoms with Gasteiger partial charge < -0.3 is 20.7 Å². The second kappa shape index (κ2) is 8.26. The summed E-state index contributed by atoms with van der Waals surface area (Å²) in [6.45, 7) is 1.24. The van der Waals surface area contributed by atoms with Gasteiger partial charge >= 0.3 is 0 Å². The molecular formula is C10H17N3O4. The molecule has 7 heteroatoms. The Kier molecular flexibility index (Phi) is 7.32. The summed E-state index contributed by atoms with van der Waals surface area (Å²) < 4.78 is 0. The Balaban J connectivity index is 4.15. The number of likely N-dealkylation sites (N-methyl/N-ethyl adjacent to an activating group) is 1. The van der Waals surface area contributed by atoms with E-state index in [4.69, 9.17) is 0 Å². The normalized spacial score (nSPS) is 11.2. The number of amides is 3. The Morgan fingerprint density at radius 1 is 1.29 bits per heavy atom. The van der Waals surface area contributed by atoms with Gasteiger partial charge in [0.25, 0.3) is 0 Å². The van der Waals surface area contributed by atoms with Crippen LogP contribution >= 0.6 is 0 Å². The van der Waals surface area contributed by atoms with Crippen LogP contribution in [0.25, 0.3) is 0 Å². The molecule has 0 rings (SSSR count). The number of carbonyl (C=O) groups is 4. The highest BCUT2D eigenvalue weighted by Crippen LogP contribution is 1.98. The second-order valence-electron chi connectivity index (χ2n) is 3.38. The van der Waals surface area contributed by atoms with E-state index in [1.54, 1.807) is 0 Å². The molecule has 0 aromatic heterocycles. The van der Waals surface area contributed by atoms with Crippen LogP contribution in [0, 0.1) is 0 Å². The molecule has 0 aliphatic heterocycles. The van der Waals surface area contributed by atoms with Crippen LogP contribution in [0.1, 0.15) is 19.8 Å². The smallest absolute Gasteiger partial charge is 0.242 e. The first-order valence-electron chi connectivity index (χ1n) is 5.20. The highest BCUT2D eigenvalue weighted by Gasteiger charge is 2.18. The second-order valence-corrected chi connectivity index (χ2v) is 3.38. The average Bonchev–Trinajstić information content (AvgIpc) is 2.30. The molecule has 3 N–H and O–H groups in total. The minimum absolute atomic E-state index is 0.0520. The van der Waals surface area contributed by atoms with Crippen molar-refractivity contribution in [2.75, 3.05) is 13.6 Å². The van der Waals surface area contributed by atoms with E-state index in [0.717, 1.165) is 0 Å². The molecule has 1 unspecified atom stereocenters. The molecule has 1 atom stereocenters. The molecular weight excluding hydrogens is 226 g/mol. The topological polar surface area (TPSA) is 104 Å². The molecule has 0 saturated heterocycles. The van der Waals surface area contributed by atoms with Crippen molar-refractivity contribution in [2.24, 2.45) is 0 Å². The van der Waals surface area contributed by atoms with Crippen LogP contribution in [0.4, 0.5) is 0 Å². The van der Waals surface area contributed by atoms with Crippen molar-refractivity contribution in [3.8, 4) is 0 Å². The lowest BCUT2D eigenvalue weighted by atomic mass is 10.1. The lowest BCUT2D eigenvalue weighted by Gasteiger charge is -2.15. The Morgan fingerprint density at radius 3 is 2.41 bits per heavy atom. The summed E-state index contributed by atoms with van der Waals surface area (Å²) in [5.74, 6) is -1.04. The molecule has 0 heterocycles. The fourth-order valence-corrected chi connectivity index (χ4v) is 1.21. The maximum atomic E-state index is 11.4. The lowest BCUT2D eigenvalue weighted by molar-refractivity contribution is -0.128. The van der Waals surface area contributed by atoms with Crippen LogP contribution in [0.3, 0.4) is 0 Å². The van der Waals surface area contributed by atoms with Gasteiger partial charge in [0.1, 0.15) is 12.3 Å². The van der Waals surface area contributed by atoms with E-state index in [1.807, 2.05) is 0 Å². The van der Waals surface area contributed by atoms with Crippen LogP contribution < -0.4 is 16.0 Å². The SMILES string of the molecule is CNC(=O)C(CCC(=O)NCC=O)NC(C)=O. The first kappa shape index (κ1) is 15.1. The zero-order valence-corrected chi connectivity index (χ0v) is 9.91. The van der Waals surface area contributed by atoms with Gasteiger partial charge in [0.2, 0.25) is 17.7 Å². The molecule has 96 valence electrons. The molecule has 7 nitrogen and oxygen atoms in total. The fraction of sp³-hybridized carbons (Fsp3) is 0.600. The molecule has 0 aliphatic rings. The van der Waals surface area contributed by atoms with E-state index in [-0.39, 0.29) is 37.1 Å². The van der Waals surface area contributed by atoms with Crippen LogP contribution in [0.2, 0.25) is 0 Å². The van der Waals surface area contributed by atoms with E-state index >= 15 is 0 Å². The Morgan fingerprint density at radius 2 is 1.94 bits per heavy atom. The minimum atomic E-state index is -0.737. The molecule has 0 fully saturated rings. The Bertz CT molecular complexity index is 304. The number of hydrogen-bond donors (Lipinski definition) is 3. The zero-order chi connectivity index (χ0) is 13.3. The van der Waals surface area contributed by atoms with Crippen LogP contribution in [-0.2, 0) is 19.2 Å². The van der Waals surface area contributed by atoms with Gasteiger partial charge in [-0.05, 0) is 6.42 Å². The third-order valence-corrected chi connectivity index (χ3v) is 1.98. The first-order chi connectivity index (χ1) is 8.01. The summed E-state index contributed by atoms with van der Waals surface area (Å²) in [5.41, 5.74) is 0. The molecule has 3 amide bonds. The zero-order valence-electron chi connectivity index (χ0n) is 9.91. The number of nitrogens with one attached hydrogen (secondary N) is 3. The molecule has 0 aliphatic carbocycles. The van der Waals surface area contributed by atoms with Crippen LogP contribution in [-0.4, -0.2) is 43.6 Å². The largest absolute Gasteiger partial charge is 0.357 e. The monoisotopic (exact) mass is 243 g/mol. The van der Waals surface area contributed by atoms with E-state index < -0.39 is 6.04 Å². The third-order valence-electron chi connectivity index (χ3n) is 1.98. The highest BCUT2D eigenvalue weighted by molar-refractivity contribution is 5.87. The maximum absolute atomic E-state index is 11.4. The predicted octanol–water partition coefficient (Wildman–Crippen LogP) is -1.67. The van der Waals surface area contributed by atoms with Gasteiger partial charge in [-0.15, -0.1) is 0 Å². The van der Waals surface area contributed by atoms with Crippen molar-refractivity contribution in [2.45, 2.75) is 25.8 Å². The van der Waals surface area contributed by atoms with E-state index in [1.165, 1.54) is 14.0 Å². The van der Waals surface area contributed by atoms with Crippen molar-refractivity contribution in [1.82, 2.24) is 16.0 Å².